The van der Waals surface area contributed by atoms with E-state index in [4.69, 9.17) is 0 Å². The number of aromatic nitrogens is 2. The molecule has 0 radical (unpaired) electrons. The molecule has 1 heterocycles. The van der Waals surface area contributed by atoms with Crippen molar-refractivity contribution in [2.75, 3.05) is 10.2 Å². The molecule has 2 amide bonds. The van der Waals surface area contributed by atoms with Crippen molar-refractivity contribution < 1.29 is 9.59 Å². The van der Waals surface area contributed by atoms with Gasteiger partial charge in [-0.1, -0.05) is 53.4 Å². The molecule has 0 aliphatic heterocycles. The fourth-order valence-corrected chi connectivity index (χ4v) is 4.77. The Bertz CT molecular complexity index is 1000. The van der Waals surface area contributed by atoms with Crippen LogP contribution in [0.1, 0.15) is 35.7 Å². The van der Waals surface area contributed by atoms with Crippen molar-refractivity contribution in [3.05, 3.63) is 65.7 Å². The minimum absolute atomic E-state index is 0.0181. The molecule has 1 fully saturated rings. The number of anilines is 2. The van der Waals surface area contributed by atoms with Gasteiger partial charge in [0.25, 0.3) is 5.91 Å². The zero-order chi connectivity index (χ0) is 20.2. The van der Waals surface area contributed by atoms with Gasteiger partial charge in [-0.15, -0.1) is 10.2 Å². The van der Waals surface area contributed by atoms with Crippen LogP contribution in [-0.4, -0.2) is 28.1 Å². The Hall–Kier alpha value is -2.71. The highest BCUT2D eigenvalue weighted by atomic mass is 32.2. The number of carbonyl (C=O) groups is 2. The molecule has 1 aromatic heterocycles. The lowest BCUT2D eigenvalue weighted by Gasteiger charge is -2.15. The van der Waals surface area contributed by atoms with Crippen LogP contribution in [-0.2, 0) is 10.5 Å². The van der Waals surface area contributed by atoms with Gasteiger partial charge >= 0.3 is 0 Å². The van der Waals surface area contributed by atoms with E-state index in [2.05, 4.69) is 15.5 Å². The number of hydrogen-bond acceptors (Lipinski definition) is 6. The lowest BCUT2D eigenvalue weighted by Crippen LogP contribution is -2.30. The van der Waals surface area contributed by atoms with Gasteiger partial charge in [0.05, 0.1) is 0 Å². The van der Waals surface area contributed by atoms with E-state index >= 15 is 0 Å². The Morgan fingerprint density at radius 3 is 2.48 bits per heavy atom. The van der Waals surface area contributed by atoms with Crippen LogP contribution in [0.15, 0.2) is 58.9 Å². The van der Waals surface area contributed by atoms with Crippen molar-refractivity contribution in [1.29, 1.82) is 0 Å². The quantitative estimate of drug-likeness (QED) is 0.443. The van der Waals surface area contributed by atoms with Crippen molar-refractivity contribution in [2.24, 2.45) is 0 Å². The summed E-state index contributed by atoms with van der Waals surface area (Å²) in [5, 5.41) is 12.0. The predicted molar refractivity (Wildman–Crippen MR) is 116 cm³/mol. The number of amides is 2. The molecule has 6 nitrogen and oxygen atoms in total. The van der Waals surface area contributed by atoms with Crippen molar-refractivity contribution in [3.63, 3.8) is 0 Å². The Labute approximate surface area is 177 Å². The highest BCUT2D eigenvalue weighted by Crippen LogP contribution is 2.36. The molecule has 1 saturated carbocycles. The lowest BCUT2D eigenvalue weighted by atomic mass is 10.1. The summed E-state index contributed by atoms with van der Waals surface area (Å²) in [6.07, 6.45) is 2.07. The molecule has 0 saturated heterocycles. The SMILES string of the molecule is CC(=O)N(c1nnc(SCc2ccc(C(=O)Nc3ccccc3)cc2)s1)C1CC1. The van der Waals surface area contributed by atoms with Gasteiger partial charge in [0.15, 0.2) is 4.34 Å². The van der Waals surface area contributed by atoms with Gasteiger partial charge in [-0.25, -0.2) is 0 Å². The fraction of sp³-hybridized carbons (Fsp3) is 0.238. The second kappa shape index (κ2) is 8.75. The maximum absolute atomic E-state index is 12.3. The third kappa shape index (κ3) is 5.02. The normalized spacial score (nSPS) is 13.1. The first-order valence-electron chi connectivity index (χ1n) is 9.31. The topological polar surface area (TPSA) is 75.2 Å². The average Bonchev–Trinajstić information content (AvgIpc) is 3.44. The van der Waals surface area contributed by atoms with Crippen molar-refractivity contribution in [1.82, 2.24) is 10.2 Å². The van der Waals surface area contributed by atoms with E-state index in [0.717, 1.165) is 34.2 Å². The Balaban J connectivity index is 1.34. The van der Waals surface area contributed by atoms with Crippen LogP contribution in [0.5, 0.6) is 0 Å². The molecule has 29 heavy (non-hydrogen) atoms. The highest BCUT2D eigenvalue weighted by molar-refractivity contribution is 8.00. The highest BCUT2D eigenvalue weighted by Gasteiger charge is 2.34. The van der Waals surface area contributed by atoms with Crippen LogP contribution in [0, 0.1) is 0 Å². The largest absolute Gasteiger partial charge is 0.322 e. The van der Waals surface area contributed by atoms with Crippen LogP contribution in [0.4, 0.5) is 10.8 Å². The predicted octanol–water partition coefficient (Wildman–Crippen LogP) is 4.60. The first kappa shape index (κ1) is 19.6. The summed E-state index contributed by atoms with van der Waals surface area (Å²) in [6, 6.07) is 17.2. The molecular weight excluding hydrogens is 404 g/mol. The molecule has 8 heteroatoms. The summed E-state index contributed by atoms with van der Waals surface area (Å²) in [7, 11) is 0. The third-order valence-corrected chi connectivity index (χ3v) is 6.59. The summed E-state index contributed by atoms with van der Waals surface area (Å²) in [5.74, 6) is 0.608. The van der Waals surface area contributed by atoms with Crippen LogP contribution in [0.2, 0.25) is 0 Å². The Kier molecular flexibility index (Phi) is 5.92. The minimum atomic E-state index is -0.131. The molecule has 0 atom stereocenters. The van der Waals surface area contributed by atoms with Crippen molar-refractivity contribution in [2.45, 2.75) is 35.9 Å². The van der Waals surface area contributed by atoms with E-state index in [1.807, 2.05) is 54.6 Å². The van der Waals surface area contributed by atoms with E-state index in [0.29, 0.717) is 10.7 Å². The molecule has 0 unspecified atom stereocenters. The van der Waals surface area contributed by atoms with E-state index < -0.39 is 0 Å². The molecule has 4 rings (SSSR count). The van der Waals surface area contributed by atoms with E-state index in [1.54, 1.807) is 23.6 Å². The molecular formula is C21H20N4O2S2. The monoisotopic (exact) mass is 424 g/mol. The van der Waals surface area contributed by atoms with E-state index in [9.17, 15) is 9.59 Å². The Morgan fingerprint density at radius 2 is 1.83 bits per heavy atom. The summed E-state index contributed by atoms with van der Waals surface area (Å²) in [4.78, 5) is 25.9. The van der Waals surface area contributed by atoms with Gasteiger partial charge in [-0.05, 0) is 42.7 Å². The molecule has 0 bridgehead atoms. The van der Waals surface area contributed by atoms with E-state index in [-0.39, 0.29) is 17.9 Å². The first-order chi connectivity index (χ1) is 14.1. The number of para-hydroxylation sites is 1. The summed E-state index contributed by atoms with van der Waals surface area (Å²) in [6.45, 7) is 1.57. The second-order valence-electron chi connectivity index (χ2n) is 6.78. The van der Waals surface area contributed by atoms with Crippen molar-refractivity contribution >= 4 is 45.7 Å². The number of thioether (sulfide) groups is 1. The number of carbonyl (C=O) groups excluding carboxylic acids is 2. The fourth-order valence-electron chi connectivity index (χ4n) is 2.86. The number of nitrogens with zero attached hydrogens (tertiary/aromatic N) is 3. The second-order valence-corrected chi connectivity index (χ2v) is 8.95. The molecule has 2 aromatic carbocycles. The Morgan fingerprint density at radius 1 is 1.10 bits per heavy atom. The maximum Gasteiger partial charge on any atom is 0.255 e. The van der Waals surface area contributed by atoms with Crippen LogP contribution < -0.4 is 10.2 Å². The average molecular weight is 425 g/mol. The maximum atomic E-state index is 12.3. The van der Waals surface area contributed by atoms with Gasteiger partial charge < -0.3 is 5.32 Å². The number of hydrogen-bond donors (Lipinski definition) is 1. The molecule has 1 aliphatic carbocycles. The zero-order valence-corrected chi connectivity index (χ0v) is 17.5. The third-order valence-electron chi connectivity index (χ3n) is 4.46. The lowest BCUT2D eigenvalue weighted by molar-refractivity contribution is -0.116. The summed E-state index contributed by atoms with van der Waals surface area (Å²) >= 11 is 3.03. The molecule has 3 aromatic rings. The number of rotatable bonds is 7. The van der Waals surface area contributed by atoms with Crippen LogP contribution in [0.25, 0.3) is 0 Å². The molecule has 0 spiro atoms. The first-order valence-corrected chi connectivity index (χ1v) is 11.1. The smallest absolute Gasteiger partial charge is 0.255 e. The number of benzene rings is 2. The zero-order valence-electron chi connectivity index (χ0n) is 15.9. The van der Waals surface area contributed by atoms with Gasteiger partial charge in [0.1, 0.15) is 0 Å². The molecule has 1 aliphatic rings. The summed E-state index contributed by atoms with van der Waals surface area (Å²) in [5.41, 5.74) is 2.48. The van der Waals surface area contributed by atoms with Gasteiger partial charge in [0.2, 0.25) is 11.0 Å². The van der Waals surface area contributed by atoms with Gasteiger partial charge in [-0.3, -0.25) is 14.5 Å². The van der Waals surface area contributed by atoms with Crippen LogP contribution >= 0.6 is 23.1 Å². The van der Waals surface area contributed by atoms with Crippen LogP contribution in [0.3, 0.4) is 0 Å². The van der Waals surface area contributed by atoms with E-state index in [1.165, 1.54) is 11.3 Å². The van der Waals surface area contributed by atoms with Crippen molar-refractivity contribution in [3.8, 4) is 0 Å². The molecule has 1 N–H and O–H groups in total. The standard InChI is InChI=1S/C21H20N4O2S2/c1-14(26)25(18-11-12-18)20-23-24-21(29-20)28-13-15-7-9-16(10-8-15)19(27)22-17-5-3-2-4-6-17/h2-10,18H,11-13H2,1H3,(H,22,27). The minimum Gasteiger partial charge on any atom is -0.322 e. The van der Waals surface area contributed by atoms with Gasteiger partial charge in [-0.2, -0.15) is 0 Å². The van der Waals surface area contributed by atoms with Gasteiger partial charge in [0, 0.05) is 30.0 Å². The summed E-state index contributed by atoms with van der Waals surface area (Å²) < 4.78 is 0.831. The molecule has 148 valence electrons. The number of nitrogens with one attached hydrogen (secondary N) is 1.